The van der Waals surface area contributed by atoms with Crippen LogP contribution in [-0.4, -0.2) is 31.0 Å². The number of hydrogen-bond donors (Lipinski definition) is 2. The number of aryl methyl sites for hydroxylation is 2. The Morgan fingerprint density at radius 2 is 2.22 bits per heavy atom. The summed E-state index contributed by atoms with van der Waals surface area (Å²) in [5, 5.41) is 12.9. The maximum absolute atomic E-state index is 9.51. The Morgan fingerprint density at radius 3 is 2.83 bits per heavy atom. The lowest BCUT2D eigenvalue weighted by atomic mass is 10.0. The van der Waals surface area contributed by atoms with Gasteiger partial charge in [-0.05, 0) is 43.4 Å². The van der Waals surface area contributed by atoms with Crippen LogP contribution >= 0.6 is 0 Å². The molecule has 0 aliphatic carbocycles. The van der Waals surface area contributed by atoms with E-state index in [1.807, 2.05) is 0 Å². The van der Waals surface area contributed by atoms with Crippen LogP contribution in [0.5, 0.6) is 0 Å². The van der Waals surface area contributed by atoms with Gasteiger partial charge in [0.05, 0.1) is 18.8 Å². The second kappa shape index (κ2) is 6.32. The van der Waals surface area contributed by atoms with E-state index < -0.39 is 0 Å². The van der Waals surface area contributed by atoms with Crippen LogP contribution in [0.15, 0.2) is 18.2 Å². The molecule has 1 aromatic rings. The lowest BCUT2D eigenvalue weighted by Gasteiger charge is -2.20. The molecule has 1 aromatic carbocycles. The highest BCUT2D eigenvalue weighted by Gasteiger charge is 2.18. The van der Waals surface area contributed by atoms with Crippen molar-refractivity contribution >= 4 is 0 Å². The van der Waals surface area contributed by atoms with Crippen LogP contribution in [0.1, 0.15) is 35.6 Å². The third-order valence-corrected chi connectivity index (χ3v) is 3.73. The zero-order valence-electron chi connectivity index (χ0n) is 11.3. The van der Waals surface area contributed by atoms with Gasteiger partial charge in [0, 0.05) is 13.2 Å². The molecule has 2 atom stereocenters. The summed E-state index contributed by atoms with van der Waals surface area (Å²) < 4.78 is 5.58. The van der Waals surface area contributed by atoms with Crippen molar-refractivity contribution in [1.29, 1.82) is 0 Å². The fourth-order valence-electron chi connectivity index (χ4n) is 2.35. The van der Waals surface area contributed by atoms with Crippen LogP contribution in [-0.2, 0) is 4.74 Å². The van der Waals surface area contributed by atoms with E-state index in [4.69, 9.17) is 4.74 Å². The van der Waals surface area contributed by atoms with Crippen LogP contribution in [0.25, 0.3) is 0 Å². The number of hydrogen-bond acceptors (Lipinski definition) is 3. The average Bonchev–Trinajstić information content (AvgIpc) is 2.87. The Kier molecular flexibility index (Phi) is 4.75. The molecule has 0 saturated carbocycles. The van der Waals surface area contributed by atoms with Gasteiger partial charge in [0.1, 0.15) is 0 Å². The van der Waals surface area contributed by atoms with Gasteiger partial charge in [-0.2, -0.15) is 0 Å². The van der Waals surface area contributed by atoms with Gasteiger partial charge in [-0.3, -0.25) is 0 Å². The van der Waals surface area contributed by atoms with Crippen molar-refractivity contribution in [2.75, 3.05) is 19.8 Å². The van der Waals surface area contributed by atoms with Crippen LogP contribution in [0.4, 0.5) is 0 Å². The Bertz CT molecular complexity index is 386. The summed E-state index contributed by atoms with van der Waals surface area (Å²) in [6, 6.07) is 6.36. The average molecular weight is 249 g/mol. The summed E-state index contributed by atoms with van der Waals surface area (Å²) in [6.45, 7) is 6.02. The highest BCUT2D eigenvalue weighted by molar-refractivity contribution is 5.31. The Labute approximate surface area is 109 Å². The van der Waals surface area contributed by atoms with Crippen molar-refractivity contribution in [1.82, 2.24) is 5.32 Å². The number of benzene rings is 1. The second-order valence-electron chi connectivity index (χ2n) is 5.12. The molecule has 2 N–H and O–H groups in total. The highest BCUT2D eigenvalue weighted by Crippen LogP contribution is 2.18. The zero-order valence-corrected chi connectivity index (χ0v) is 11.3. The number of aliphatic hydroxyl groups is 1. The minimum absolute atomic E-state index is 0.00787. The molecule has 1 saturated heterocycles. The molecule has 0 radical (unpaired) electrons. The summed E-state index contributed by atoms with van der Waals surface area (Å²) >= 11 is 0. The molecule has 0 bridgehead atoms. The van der Waals surface area contributed by atoms with E-state index in [1.54, 1.807) is 0 Å². The first-order valence-electron chi connectivity index (χ1n) is 6.73. The molecule has 2 unspecified atom stereocenters. The SMILES string of the molecule is Cc1ccc(C(CO)NCC2CCCO2)cc1C. The first kappa shape index (κ1) is 13.5. The van der Waals surface area contributed by atoms with Gasteiger partial charge >= 0.3 is 0 Å². The minimum atomic E-state index is 0.00787. The van der Waals surface area contributed by atoms with Crippen molar-refractivity contribution in [2.24, 2.45) is 0 Å². The molecule has 0 aromatic heterocycles. The smallest absolute Gasteiger partial charge is 0.0700 e. The number of nitrogens with one attached hydrogen (secondary N) is 1. The van der Waals surface area contributed by atoms with Crippen molar-refractivity contribution in [3.05, 3.63) is 34.9 Å². The summed E-state index contributed by atoms with van der Waals surface area (Å²) in [5.74, 6) is 0. The summed E-state index contributed by atoms with van der Waals surface area (Å²) in [5.41, 5.74) is 3.71. The molecule has 1 aliphatic heterocycles. The lowest BCUT2D eigenvalue weighted by molar-refractivity contribution is 0.104. The molecule has 2 rings (SSSR count). The Balaban J connectivity index is 1.96. The molecule has 0 amide bonds. The third-order valence-electron chi connectivity index (χ3n) is 3.73. The van der Waals surface area contributed by atoms with E-state index in [-0.39, 0.29) is 12.6 Å². The second-order valence-corrected chi connectivity index (χ2v) is 5.12. The summed E-state index contributed by atoms with van der Waals surface area (Å²) in [4.78, 5) is 0. The number of aliphatic hydroxyl groups excluding tert-OH is 1. The minimum Gasteiger partial charge on any atom is -0.394 e. The molecular weight excluding hydrogens is 226 g/mol. The first-order valence-corrected chi connectivity index (χ1v) is 6.73. The number of rotatable bonds is 5. The predicted molar refractivity (Wildman–Crippen MR) is 72.7 cm³/mol. The van der Waals surface area contributed by atoms with Gasteiger partial charge in [-0.25, -0.2) is 0 Å². The van der Waals surface area contributed by atoms with Crippen molar-refractivity contribution in [2.45, 2.75) is 38.8 Å². The summed E-state index contributed by atoms with van der Waals surface area (Å²) in [7, 11) is 0. The molecule has 1 aliphatic rings. The van der Waals surface area contributed by atoms with Gasteiger partial charge in [-0.1, -0.05) is 18.2 Å². The highest BCUT2D eigenvalue weighted by atomic mass is 16.5. The fourth-order valence-corrected chi connectivity index (χ4v) is 2.35. The number of ether oxygens (including phenoxy) is 1. The van der Waals surface area contributed by atoms with Gasteiger partial charge < -0.3 is 15.2 Å². The van der Waals surface area contributed by atoms with Gasteiger partial charge in [-0.15, -0.1) is 0 Å². The van der Waals surface area contributed by atoms with Gasteiger partial charge in [0.2, 0.25) is 0 Å². The van der Waals surface area contributed by atoms with Crippen molar-refractivity contribution in [3.8, 4) is 0 Å². The van der Waals surface area contributed by atoms with E-state index in [1.165, 1.54) is 11.1 Å². The fraction of sp³-hybridized carbons (Fsp3) is 0.600. The third kappa shape index (κ3) is 3.31. The molecule has 1 fully saturated rings. The topological polar surface area (TPSA) is 41.5 Å². The van der Waals surface area contributed by atoms with Crippen molar-refractivity contribution < 1.29 is 9.84 Å². The van der Waals surface area contributed by atoms with E-state index in [0.29, 0.717) is 6.10 Å². The first-order chi connectivity index (χ1) is 8.70. The van der Waals surface area contributed by atoms with Gasteiger partial charge in [0.15, 0.2) is 0 Å². The Morgan fingerprint density at radius 1 is 1.39 bits per heavy atom. The predicted octanol–water partition coefficient (Wildman–Crippen LogP) is 2.11. The maximum atomic E-state index is 9.51. The maximum Gasteiger partial charge on any atom is 0.0700 e. The molecule has 1 heterocycles. The molecule has 3 nitrogen and oxygen atoms in total. The largest absolute Gasteiger partial charge is 0.394 e. The van der Waals surface area contributed by atoms with Crippen LogP contribution in [0, 0.1) is 13.8 Å². The monoisotopic (exact) mass is 249 g/mol. The van der Waals surface area contributed by atoms with Crippen LogP contribution in [0.3, 0.4) is 0 Å². The van der Waals surface area contributed by atoms with Crippen molar-refractivity contribution in [3.63, 3.8) is 0 Å². The van der Waals surface area contributed by atoms with Gasteiger partial charge in [0.25, 0.3) is 0 Å². The van der Waals surface area contributed by atoms with Crippen LogP contribution in [0.2, 0.25) is 0 Å². The quantitative estimate of drug-likeness (QED) is 0.839. The van der Waals surface area contributed by atoms with E-state index in [2.05, 4.69) is 37.4 Å². The molecule has 100 valence electrons. The molecule has 3 heteroatoms. The Hall–Kier alpha value is -0.900. The summed E-state index contributed by atoms with van der Waals surface area (Å²) in [6.07, 6.45) is 2.59. The standard InChI is InChI=1S/C15H23NO2/c1-11-5-6-13(8-12(11)2)15(10-17)16-9-14-4-3-7-18-14/h5-6,8,14-17H,3-4,7,9-10H2,1-2H3. The van der Waals surface area contributed by atoms with E-state index in [9.17, 15) is 5.11 Å². The lowest BCUT2D eigenvalue weighted by Crippen LogP contribution is -2.32. The zero-order chi connectivity index (χ0) is 13.0. The normalized spacial score (nSPS) is 21.2. The molecular formula is C15H23NO2. The van der Waals surface area contributed by atoms with E-state index in [0.717, 1.165) is 31.6 Å². The van der Waals surface area contributed by atoms with Crippen LogP contribution < -0.4 is 5.32 Å². The molecule has 18 heavy (non-hydrogen) atoms. The molecule has 0 spiro atoms. The van der Waals surface area contributed by atoms with E-state index >= 15 is 0 Å².